The van der Waals surface area contributed by atoms with Gasteiger partial charge in [-0.1, -0.05) is 6.07 Å². The first kappa shape index (κ1) is 10.3. The number of rotatable bonds is 0. The predicted molar refractivity (Wildman–Crippen MR) is 40.6 cm³/mol. The second kappa shape index (κ2) is 4.23. The van der Waals surface area contributed by atoms with Crippen molar-refractivity contribution in [2.24, 2.45) is 0 Å². The van der Waals surface area contributed by atoms with Crippen LogP contribution in [0.5, 0.6) is 0 Å². The summed E-state index contributed by atoms with van der Waals surface area (Å²) >= 11 is 0. The first-order valence-electron chi connectivity index (χ1n) is 3.21. The summed E-state index contributed by atoms with van der Waals surface area (Å²) in [4.78, 5) is 0. The molecule has 0 heterocycles. The summed E-state index contributed by atoms with van der Waals surface area (Å²) in [7, 11) is 0. The van der Waals surface area contributed by atoms with Crippen molar-refractivity contribution in [1.29, 1.82) is 5.26 Å². The molecule has 1 nitrogen and oxygen atoms in total. The standard InChI is InChI=1S/C9H9N.V/c1-7-3-4-9(6-10)5-8(7)2;/h3-5H,1-2H3;. The van der Waals surface area contributed by atoms with Crippen molar-refractivity contribution in [3.05, 3.63) is 34.9 Å². The zero-order valence-corrected chi connectivity index (χ0v) is 8.02. The minimum Gasteiger partial charge on any atom is -0.192 e. The molecule has 0 bridgehead atoms. The quantitative estimate of drug-likeness (QED) is 0.603. The summed E-state index contributed by atoms with van der Waals surface area (Å²) in [5.41, 5.74) is 3.15. The molecule has 0 aliphatic carbocycles. The van der Waals surface area contributed by atoms with Gasteiger partial charge in [-0.15, -0.1) is 0 Å². The van der Waals surface area contributed by atoms with Crippen molar-refractivity contribution < 1.29 is 18.6 Å². The number of hydrogen-bond acceptors (Lipinski definition) is 1. The van der Waals surface area contributed by atoms with Gasteiger partial charge in [0.05, 0.1) is 11.6 Å². The van der Waals surface area contributed by atoms with E-state index in [1.807, 2.05) is 32.0 Å². The van der Waals surface area contributed by atoms with E-state index in [2.05, 4.69) is 6.07 Å². The normalized spacial score (nSPS) is 8.09. The van der Waals surface area contributed by atoms with E-state index in [4.69, 9.17) is 5.26 Å². The monoisotopic (exact) mass is 182 g/mol. The fourth-order valence-corrected chi connectivity index (χ4v) is 0.811. The van der Waals surface area contributed by atoms with Crippen molar-refractivity contribution in [3.8, 4) is 6.07 Å². The van der Waals surface area contributed by atoms with E-state index in [-0.39, 0.29) is 18.6 Å². The van der Waals surface area contributed by atoms with E-state index in [1.54, 1.807) is 0 Å². The Morgan fingerprint density at radius 3 is 2.27 bits per heavy atom. The molecule has 1 aromatic rings. The largest absolute Gasteiger partial charge is 0.192 e. The van der Waals surface area contributed by atoms with Crippen LogP contribution in [-0.4, -0.2) is 0 Å². The molecule has 0 unspecified atom stereocenters. The van der Waals surface area contributed by atoms with Crippen LogP contribution in [0.1, 0.15) is 16.7 Å². The van der Waals surface area contributed by atoms with Crippen LogP contribution in [0, 0.1) is 25.2 Å². The van der Waals surface area contributed by atoms with Gasteiger partial charge in [0.1, 0.15) is 0 Å². The number of aryl methyl sites for hydroxylation is 2. The van der Waals surface area contributed by atoms with E-state index >= 15 is 0 Å². The Hall–Kier alpha value is -0.706. The Morgan fingerprint density at radius 2 is 1.82 bits per heavy atom. The van der Waals surface area contributed by atoms with Crippen LogP contribution >= 0.6 is 0 Å². The van der Waals surface area contributed by atoms with Gasteiger partial charge in [-0.3, -0.25) is 0 Å². The van der Waals surface area contributed by atoms with Crippen molar-refractivity contribution >= 4 is 0 Å². The summed E-state index contributed by atoms with van der Waals surface area (Å²) in [6.45, 7) is 4.05. The smallest absolute Gasteiger partial charge is 0.0991 e. The molecule has 0 saturated carbocycles. The maximum Gasteiger partial charge on any atom is 0.0991 e. The van der Waals surface area contributed by atoms with Gasteiger partial charge in [-0.05, 0) is 37.1 Å². The molecule has 0 aliphatic heterocycles. The Labute approximate surface area is 78.9 Å². The van der Waals surface area contributed by atoms with Crippen LogP contribution in [0.15, 0.2) is 18.2 Å². The third-order valence-corrected chi connectivity index (χ3v) is 1.64. The van der Waals surface area contributed by atoms with Crippen molar-refractivity contribution in [2.45, 2.75) is 13.8 Å². The zero-order valence-electron chi connectivity index (χ0n) is 6.63. The van der Waals surface area contributed by atoms with Gasteiger partial charge in [-0.25, -0.2) is 0 Å². The third-order valence-electron chi connectivity index (χ3n) is 1.64. The molecule has 1 aromatic carbocycles. The van der Waals surface area contributed by atoms with Gasteiger partial charge in [0.25, 0.3) is 0 Å². The van der Waals surface area contributed by atoms with Crippen LogP contribution < -0.4 is 0 Å². The van der Waals surface area contributed by atoms with Gasteiger partial charge >= 0.3 is 0 Å². The topological polar surface area (TPSA) is 23.8 Å². The molecule has 1 radical (unpaired) electrons. The second-order valence-electron chi connectivity index (χ2n) is 2.41. The summed E-state index contributed by atoms with van der Waals surface area (Å²) in [5.74, 6) is 0. The molecule has 0 atom stereocenters. The van der Waals surface area contributed by atoms with Crippen LogP contribution in [0.25, 0.3) is 0 Å². The van der Waals surface area contributed by atoms with Crippen LogP contribution in [0.4, 0.5) is 0 Å². The van der Waals surface area contributed by atoms with Gasteiger partial charge < -0.3 is 0 Å². The third kappa shape index (κ3) is 2.42. The molecule has 2 heteroatoms. The van der Waals surface area contributed by atoms with Gasteiger partial charge in [0.15, 0.2) is 0 Å². The molecule has 11 heavy (non-hydrogen) atoms. The van der Waals surface area contributed by atoms with Crippen LogP contribution in [0.3, 0.4) is 0 Å². The Morgan fingerprint density at radius 1 is 1.18 bits per heavy atom. The molecule has 0 saturated heterocycles. The van der Waals surface area contributed by atoms with E-state index < -0.39 is 0 Å². The van der Waals surface area contributed by atoms with Gasteiger partial charge in [-0.2, -0.15) is 5.26 Å². The number of nitriles is 1. The average Bonchev–Trinajstić information content (AvgIpc) is 1.95. The molecular weight excluding hydrogens is 173 g/mol. The van der Waals surface area contributed by atoms with E-state index in [0.29, 0.717) is 0 Å². The summed E-state index contributed by atoms with van der Waals surface area (Å²) in [6, 6.07) is 7.79. The summed E-state index contributed by atoms with van der Waals surface area (Å²) in [6.07, 6.45) is 0. The predicted octanol–water partition coefficient (Wildman–Crippen LogP) is 2.17. The van der Waals surface area contributed by atoms with E-state index in [1.165, 1.54) is 11.1 Å². The second-order valence-corrected chi connectivity index (χ2v) is 2.41. The average molecular weight is 182 g/mol. The molecule has 0 N–H and O–H groups in total. The molecule has 0 amide bonds. The van der Waals surface area contributed by atoms with Gasteiger partial charge in [0.2, 0.25) is 0 Å². The molecule has 0 spiro atoms. The van der Waals surface area contributed by atoms with E-state index in [0.717, 1.165) is 5.56 Å². The first-order valence-corrected chi connectivity index (χ1v) is 3.21. The Kier molecular flexibility index (Phi) is 3.96. The number of hydrogen-bond donors (Lipinski definition) is 0. The minimum absolute atomic E-state index is 0. The SMILES string of the molecule is Cc1ccc(C#N)cc1C.[V]. The van der Waals surface area contributed by atoms with Crippen molar-refractivity contribution in [3.63, 3.8) is 0 Å². The molecule has 0 fully saturated rings. The minimum atomic E-state index is 0. The molecule has 1 rings (SSSR count). The number of benzene rings is 1. The fraction of sp³-hybridized carbons (Fsp3) is 0.222. The maximum atomic E-state index is 8.50. The Balaban J connectivity index is 0.000001000. The summed E-state index contributed by atoms with van der Waals surface area (Å²) < 4.78 is 0. The van der Waals surface area contributed by atoms with Gasteiger partial charge in [0, 0.05) is 18.6 Å². The van der Waals surface area contributed by atoms with Crippen LogP contribution in [-0.2, 0) is 18.6 Å². The summed E-state index contributed by atoms with van der Waals surface area (Å²) in [5, 5.41) is 8.50. The van der Waals surface area contributed by atoms with Crippen molar-refractivity contribution in [2.75, 3.05) is 0 Å². The molecule has 55 valence electrons. The molecular formula is C9H9NV. The maximum absolute atomic E-state index is 8.50. The van der Waals surface area contributed by atoms with Crippen LogP contribution in [0.2, 0.25) is 0 Å². The van der Waals surface area contributed by atoms with E-state index in [9.17, 15) is 0 Å². The first-order chi connectivity index (χ1) is 4.74. The fourth-order valence-electron chi connectivity index (χ4n) is 0.811. The Bertz CT molecular complexity index is 286. The zero-order chi connectivity index (χ0) is 7.56. The molecule has 0 aromatic heterocycles. The number of nitrogens with zero attached hydrogens (tertiary/aromatic N) is 1. The van der Waals surface area contributed by atoms with Crippen molar-refractivity contribution in [1.82, 2.24) is 0 Å². The molecule has 0 aliphatic rings.